The maximum absolute atomic E-state index is 5.35. The Balaban J connectivity index is 1.69. The summed E-state index contributed by atoms with van der Waals surface area (Å²) >= 11 is 3.62. The van der Waals surface area contributed by atoms with Gasteiger partial charge in [-0.05, 0) is 73.4 Å². The first-order valence-corrected chi connectivity index (χ1v) is 15.3. The van der Waals surface area contributed by atoms with Crippen molar-refractivity contribution in [3.8, 4) is 11.3 Å². The number of anilines is 1. The van der Waals surface area contributed by atoms with Gasteiger partial charge in [-0.15, -0.1) is 22.7 Å². The maximum Gasteiger partial charge on any atom is 0.120 e. The molecule has 0 saturated heterocycles. The zero-order valence-corrected chi connectivity index (χ0v) is 25.4. The molecule has 4 heteroatoms. The Labute approximate surface area is 235 Å². The van der Waals surface area contributed by atoms with E-state index in [0.717, 1.165) is 10.7 Å². The van der Waals surface area contributed by atoms with Crippen LogP contribution in [0.4, 0.5) is 5.69 Å². The minimum absolute atomic E-state index is 0.0306. The topological polar surface area (TPSA) is 24.9 Å². The van der Waals surface area contributed by atoms with E-state index in [1.807, 2.05) is 11.3 Å². The Morgan fingerprint density at radius 2 is 1.42 bits per heavy atom. The summed E-state index contributed by atoms with van der Waals surface area (Å²) in [6, 6.07) is 20.0. The second-order valence-corrected chi connectivity index (χ2v) is 13.3. The first-order chi connectivity index (χ1) is 18.2. The van der Waals surface area contributed by atoms with Crippen molar-refractivity contribution in [1.82, 2.24) is 4.98 Å². The van der Waals surface area contributed by atoms with Gasteiger partial charge in [0.05, 0.1) is 5.69 Å². The maximum atomic E-state index is 5.35. The summed E-state index contributed by atoms with van der Waals surface area (Å²) in [4.78, 5) is 6.67. The quantitative estimate of drug-likeness (QED) is 0.223. The van der Waals surface area contributed by atoms with Gasteiger partial charge in [-0.25, -0.2) is 4.98 Å². The van der Waals surface area contributed by atoms with E-state index in [1.54, 1.807) is 11.3 Å². The molecule has 196 valence electrons. The third kappa shape index (κ3) is 4.92. The van der Waals surface area contributed by atoms with Crippen LogP contribution in [0.25, 0.3) is 21.3 Å². The van der Waals surface area contributed by atoms with Crippen molar-refractivity contribution in [2.45, 2.75) is 73.3 Å². The minimum atomic E-state index is -0.0306. The Kier molecular flexibility index (Phi) is 7.48. The lowest BCUT2D eigenvalue weighted by Gasteiger charge is -2.28. The molecule has 2 heterocycles. The van der Waals surface area contributed by atoms with Gasteiger partial charge in [0.25, 0.3) is 0 Å². The number of aryl methyl sites for hydroxylation is 4. The number of nitrogens with zero attached hydrogens (tertiary/aromatic N) is 1. The molecule has 0 aliphatic rings. The van der Waals surface area contributed by atoms with Gasteiger partial charge in [-0.1, -0.05) is 81.8 Å². The molecule has 1 N–H and O–H groups in total. The molecule has 0 spiro atoms. The number of hydrogen-bond acceptors (Lipinski definition) is 4. The van der Waals surface area contributed by atoms with E-state index >= 15 is 0 Å². The van der Waals surface area contributed by atoms with E-state index in [4.69, 9.17) is 4.98 Å². The molecule has 5 aromatic rings. The fraction of sp³-hybridized carbons (Fsp3) is 0.324. The summed E-state index contributed by atoms with van der Waals surface area (Å²) in [6.45, 7) is 18.0. The Bertz CT molecular complexity index is 1550. The molecule has 0 bridgehead atoms. The zero-order valence-electron chi connectivity index (χ0n) is 23.8. The van der Waals surface area contributed by atoms with Crippen LogP contribution in [0, 0.1) is 27.7 Å². The van der Waals surface area contributed by atoms with E-state index < -0.39 is 0 Å². The molecule has 0 fully saturated rings. The number of aromatic nitrogens is 1. The fourth-order valence-electron chi connectivity index (χ4n) is 5.79. The van der Waals surface area contributed by atoms with Gasteiger partial charge in [0.15, 0.2) is 0 Å². The summed E-state index contributed by atoms with van der Waals surface area (Å²) in [7, 11) is 0. The number of para-hydroxylation sites is 1. The van der Waals surface area contributed by atoms with Crippen LogP contribution in [0.5, 0.6) is 0 Å². The summed E-state index contributed by atoms with van der Waals surface area (Å²) < 4.78 is 1.32. The number of rotatable bonds is 7. The highest BCUT2D eigenvalue weighted by Crippen LogP contribution is 2.42. The second-order valence-electron chi connectivity index (χ2n) is 11.1. The standard InChI is InChI=1S/C34H38N2S2/c1-19(2)25-13-11-14-26(20(3)4)32(25)36-33(30-22(6)16-21(5)17-23(30)7)34-35-28(18-37-34)31-24(8)38-29-15-10-9-12-27(29)31/h9-20,33,36H,1-8H3. The van der Waals surface area contributed by atoms with Crippen molar-refractivity contribution >= 4 is 38.4 Å². The second kappa shape index (κ2) is 10.7. The summed E-state index contributed by atoms with van der Waals surface area (Å²) in [5.41, 5.74) is 11.6. The molecule has 5 rings (SSSR count). The monoisotopic (exact) mass is 538 g/mol. The molecular formula is C34H38N2S2. The van der Waals surface area contributed by atoms with Crippen LogP contribution in [0.3, 0.4) is 0 Å². The average Bonchev–Trinajstić information content (AvgIpc) is 3.46. The highest BCUT2D eigenvalue weighted by molar-refractivity contribution is 7.19. The van der Waals surface area contributed by atoms with Crippen LogP contribution >= 0.6 is 22.7 Å². The van der Waals surface area contributed by atoms with Crippen molar-refractivity contribution in [2.24, 2.45) is 0 Å². The number of hydrogen-bond donors (Lipinski definition) is 1. The fourth-order valence-corrected chi connectivity index (χ4v) is 7.73. The van der Waals surface area contributed by atoms with Crippen LogP contribution < -0.4 is 5.32 Å². The Morgan fingerprint density at radius 3 is 2.05 bits per heavy atom. The molecule has 0 saturated carbocycles. The molecule has 0 radical (unpaired) electrons. The number of thiazole rings is 1. The van der Waals surface area contributed by atoms with E-state index in [9.17, 15) is 0 Å². The van der Waals surface area contributed by atoms with E-state index in [0.29, 0.717) is 11.8 Å². The first-order valence-electron chi connectivity index (χ1n) is 13.6. The van der Waals surface area contributed by atoms with Gasteiger partial charge in [-0.3, -0.25) is 0 Å². The van der Waals surface area contributed by atoms with Crippen LogP contribution in [0.1, 0.15) is 88.8 Å². The van der Waals surface area contributed by atoms with Crippen LogP contribution in [-0.4, -0.2) is 4.98 Å². The normalized spacial score (nSPS) is 12.6. The zero-order chi connectivity index (χ0) is 27.1. The first kappa shape index (κ1) is 26.6. The third-order valence-corrected chi connectivity index (χ3v) is 9.48. The molecule has 0 aliphatic carbocycles. The van der Waals surface area contributed by atoms with Crippen molar-refractivity contribution < 1.29 is 0 Å². The summed E-state index contributed by atoms with van der Waals surface area (Å²) in [6.07, 6.45) is 0. The summed E-state index contributed by atoms with van der Waals surface area (Å²) in [5, 5.41) is 8.73. The molecule has 1 unspecified atom stereocenters. The number of fused-ring (bicyclic) bond motifs is 1. The van der Waals surface area contributed by atoms with E-state index in [-0.39, 0.29) is 6.04 Å². The van der Waals surface area contributed by atoms with Crippen LogP contribution in [0.2, 0.25) is 0 Å². The highest BCUT2D eigenvalue weighted by Gasteiger charge is 2.26. The Morgan fingerprint density at radius 1 is 0.789 bits per heavy atom. The van der Waals surface area contributed by atoms with E-state index in [1.165, 1.54) is 59.6 Å². The lowest BCUT2D eigenvalue weighted by Crippen LogP contribution is -2.18. The smallest absolute Gasteiger partial charge is 0.120 e. The number of thiophene rings is 1. The lowest BCUT2D eigenvalue weighted by molar-refractivity contribution is 0.816. The van der Waals surface area contributed by atoms with Gasteiger partial charge >= 0.3 is 0 Å². The van der Waals surface area contributed by atoms with Crippen LogP contribution in [-0.2, 0) is 0 Å². The van der Waals surface area contributed by atoms with Crippen molar-refractivity contribution in [1.29, 1.82) is 0 Å². The third-order valence-electron chi connectivity index (χ3n) is 7.48. The van der Waals surface area contributed by atoms with Gasteiger partial charge in [0, 0.05) is 31.6 Å². The molecule has 0 amide bonds. The minimum Gasteiger partial charge on any atom is -0.372 e. The summed E-state index contributed by atoms with van der Waals surface area (Å²) in [5.74, 6) is 0.840. The van der Waals surface area contributed by atoms with Crippen molar-refractivity contribution in [2.75, 3.05) is 5.32 Å². The molecular weight excluding hydrogens is 501 g/mol. The molecule has 1 atom stereocenters. The molecule has 2 aromatic heterocycles. The van der Waals surface area contributed by atoms with Crippen LogP contribution in [0.15, 0.2) is 60.0 Å². The van der Waals surface area contributed by atoms with Gasteiger partial charge in [0.2, 0.25) is 0 Å². The average molecular weight is 539 g/mol. The predicted molar refractivity (Wildman–Crippen MR) is 168 cm³/mol. The SMILES string of the molecule is Cc1cc(C)c(C(Nc2c(C(C)C)cccc2C(C)C)c2nc(-c3c(C)sc4ccccc34)cs2)c(C)c1. The molecule has 2 nitrogen and oxygen atoms in total. The van der Waals surface area contributed by atoms with Gasteiger partial charge < -0.3 is 5.32 Å². The molecule has 3 aromatic carbocycles. The lowest BCUT2D eigenvalue weighted by atomic mass is 9.90. The van der Waals surface area contributed by atoms with Crippen molar-refractivity contribution in [3.63, 3.8) is 0 Å². The van der Waals surface area contributed by atoms with E-state index in [2.05, 4.69) is 121 Å². The number of nitrogens with one attached hydrogen (secondary N) is 1. The predicted octanol–water partition coefficient (Wildman–Crippen LogP) is 10.7. The van der Waals surface area contributed by atoms with Gasteiger partial charge in [-0.2, -0.15) is 0 Å². The largest absolute Gasteiger partial charge is 0.372 e. The van der Waals surface area contributed by atoms with Crippen molar-refractivity contribution in [3.05, 3.63) is 103 Å². The highest BCUT2D eigenvalue weighted by atomic mass is 32.1. The van der Waals surface area contributed by atoms with Gasteiger partial charge in [0.1, 0.15) is 11.0 Å². The molecule has 0 aliphatic heterocycles. The Hall–Kier alpha value is -2.95. The number of benzene rings is 3. The molecule has 38 heavy (non-hydrogen) atoms.